The Morgan fingerprint density at radius 1 is 1.21 bits per heavy atom. The fourth-order valence-electron chi connectivity index (χ4n) is 2.59. The highest BCUT2D eigenvalue weighted by molar-refractivity contribution is 4.82. The number of nitrogens with one attached hydrogen (secondary N) is 1. The summed E-state index contributed by atoms with van der Waals surface area (Å²) in [6.45, 7) is 11.0. The van der Waals surface area contributed by atoms with Crippen molar-refractivity contribution < 1.29 is 0 Å². The van der Waals surface area contributed by atoms with Gasteiger partial charge in [0.2, 0.25) is 0 Å². The third kappa shape index (κ3) is 2.47. The maximum absolute atomic E-state index is 3.50. The second-order valence-electron chi connectivity index (χ2n) is 4.47. The van der Waals surface area contributed by atoms with Crippen LogP contribution in [0, 0.1) is 0 Å². The minimum absolute atomic E-state index is 0.822. The molecule has 2 aliphatic heterocycles. The predicted molar refractivity (Wildman–Crippen MR) is 59.6 cm³/mol. The van der Waals surface area contributed by atoms with Gasteiger partial charge in [-0.25, -0.2) is 0 Å². The van der Waals surface area contributed by atoms with E-state index in [1.54, 1.807) is 0 Å². The van der Waals surface area contributed by atoms with E-state index in [0.29, 0.717) is 0 Å². The molecule has 82 valence electrons. The van der Waals surface area contributed by atoms with Gasteiger partial charge in [-0.3, -0.25) is 4.90 Å². The average Bonchev–Trinajstić information content (AvgIpc) is 2.30. The number of hydrogen-bond donors (Lipinski definition) is 1. The van der Waals surface area contributed by atoms with E-state index in [0.717, 1.165) is 6.04 Å². The molecule has 2 fully saturated rings. The van der Waals surface area contributed by atoms with Gasteiger partial charge in [0, 0.05) is 38.8 Å². The van der Waals surface area contributed by atoms with Gasteiger partial charge in [0.1, 0.15) is 0 Å². The summed E-state index contributed by atoms with van der Waals surface area (Å²) in [5.41, 5.74) is 0. The molecular weight excluding hydrogens is 174 g/mol. The van der Waals surface area contributed by atoms with E-state index in [9.17, 15) is 0 Å². The summed E-state index contributed by atoms with van der Waals surface area (Å²) in [6.07, 6.45) is 2.76. The maximum Gasteiger partial charge on any atom is 0.0222 e. The van der Waals surface area contributed by atoms with Gasteiger partial charge in [-0.05, 0) is 25.9 Å². The number of hydrogen-bond acceptors (Lipinski definition) is 3. The summed E-state index contributed by atoms with van der Waals surface area (Å²) >= 11 is 0. The zero-order valence-electron chi connectivity index (χ0n) is 9.34. The van der Waals surface area contributed by atoms with Crippen LogP contribution in [0.1, 0.15) is 19.8 Å². The third-order valence-electron chi connectivity index (χ3n) is 3.64. The van der Waals surface area contributed by atoms with Gasteiger partial charge >= 0.3 is 0 Å². The molecule has 0 amide bonds. The van der Waals surface area contributed by atoms with Gasteiger partial charge in [0.15, 0.2) is 0 Å². The first-order chi connectivity index (χ1) is 6.90. The van der Waals surface area contributed by atoms with Crippen LogP contribution in [0.5, 0.6) is 0 Å². The van der Waals surface area contributed by atoms with Crippen LogP contribution in [-0.2, 0) is 0 Å². The van der Waals surface area contributed by atoms with Gasteiger partial charge in [0.05, 0.1) is 0 Å². The molecule has 0 aromatic rings. The Bertz CT molecular complexity index is 158. The third-order valence-corrected chi connectivity index (χ3v) is 3.64. The highest BCUT2D eigenvalue weighted by atomic mass is 15.3. The lowest BCUT2D eigenvalue weighted by atomic mass is 10.1. The lowest BCUT2D eigenvalue weighted by Gasteiger charge is -2.40. The Kier molecular flexibility index (Phi) is 3.79. The number of rotatable bonds is 2. The van der Waals surface area contributed by atoms with Crippen molar-refractivity contribution in [1.29, 1.82) is 0 Å². The molecule has 0 aromatic carbocycles. The number of piperidine rings is 1. The summed E-state index contributed by atoms with van der Waals surface area (Å²) in [6, 6.07) is 0.822. The number of piperazine rings is 1. The quantitative estimate of drug-likeness (QED) is 0.690. The molecule has 0 radical (unpaired) electrons. The molecule has 3 heteroatoms. The molecule has 0 bridgehead atoms. The van der Waals surface area contributed by atoms with Gasteiger partial charge in [-0.15, -0.1) is 0 Å². The van der Waals surface area contributed by atoms with Crippen LogP contribution >= 0.6 is 0 Å². The maximum atomic E-state index is 3.50. The molecule has 1 atom stereocenters. The van der Waals surface area contributed by atoms with Gasteiger partial charge in [-0.2, -0.15) is 0 Å². The summed E-state index contributed by atoms with van der Waals surface area (Å²) in [5, 5.41) is 3.50. The molecule has 0 aliphatic carbocycles. The Morgan fingerprint density at radius 3 is 2.57 bits per heavy atom. The van der Waals surface area contributed by atoms with E-state index < -0.39 is 0 Å². The van der Waals surface area contributed by atoms with Crippen molar-refractivity contribution in [2.75, 3.05) is 45.8 Å². The molecule has 0 unspecified atom stereocenters. The molecular formula is C11H23N3. The Morgan fingerprint density at radius 2 is 2.00 bits per heavy atom. The zero-order valence-corrected chi connectivity index (χ0v) is 9.34. The molecule has 1 N–H and O–H groups in total. The van der Waals surface area contributed by atoms with Crippen molar-refractivity contribution in [1.82, 2.24) is 15.1 Å². The van der Waals surface area contributed by atoms with E-state index in [-0.39, 0.29) is 0 Å². The van der Waals surface area contributed by atoms with Gasteiger partial charge < -0.3 is 10.2 Å². The SMILES string of the molecule is CCN1CCN([C@@H]2CCCNC2)CC1. The molecule has 3 nitrogen and oxygen atoms in total. The topological polar surface area (TPSA) is 18.5 Å². The molecule has 2 rings (SSSR count). The molecule has 2 heterocycles. The van der Waals surface area contributed by atoms with Crippen LogP contribution in [0.15, 0.2) is 0 Å². The second-order valence-corrected chi connectivity index (χ2v) is 4.47. The monoisotopic (exact) mass is 197 g/mol. The number of likely N-dealkylation sites (N-methyl/N-ethyl adjacent to an activating group) is 1. The fourth-order valence-corrected chi connectivity index (χ4v) is 2.59. The first kappa shape index (κ1) is 10.4. The van der Waals surface area contributed by atoms with E-state index in [1.807, 2.05) is 0 Å². The molecule has 2 saturated heterocycles. The van der Waals surface area contributed by atoms with Crippen LogP contribution in [0.25, 0.3) is 0 Å². The van der Waals surface area contributed by atoms with E-state index in [4.69, 9.17) is 0 Å². The zero-order chi connectivity index (χ0) is 9.80. The second kappa shape index (κ2) is 5.10. The standard InChI is InChI=1S/C11H23N3/c1-2-13-6-8-14(9-7-13)11-4-3-5-12-10-11/h11-12H,2-10H2,1H3/t11-/m1/s1. The van der Waals surface area contributed by atoms with Gasteiger partial charge in [-0.1, -0.05) is 6.92 Å². The molecule has 14 heavy (non-hydrogen) atoms. The first-order valence-corrected chi connectivity index (χ1v) is 6.07. The van der Waals surface area contributed by atoms with Crippen molar-refractivity contribution >= 4 is 0 Å². The fraction of sp³-hybridized carbons (Fsp3) is 1.00. The smallest absolute Gasteiger partial charge is 0.0222 e. The van der Waals surface area contributed by atoms with Crippen LogP contribution in [-0.4, -0.2) is 61.7 Å². The van der Waals surface area contributed by atoms with E-state index >= 15 is 0 Å². The van der Waals surface area contributed by atoms with Crippen LogP contribution < -0.4 is 5.32 Å². The van der Waals surface area contributed by atoms with E-state index in [2.05, 4.69) is 22.0 Å². The van der Waals surface area contributed by atoms with Crippen LogP contribution in [0.4, 0.5) is 0 Å². The van der Waals surface area contributed by atoms with Crippen LogP contribution in [0.3, 0.4) is 0 Å². The molecule has 0 saturated carbocycles. The summed E-state index contributed by atoms with van der Waals surface area (Å²) in [7, 11) is 0. The normalized spacial score (nSPS) is 31.9. The molecule has 0 aromatic heterocycles. The Balaban J connectivity index is 1.76. The van der Waals surface area contributed by atoms with Crippen molar-refractivity contribution in [2.24, 2.45) is 0 Å². The van der Waals surface area contributed by atoms with Crippen molar-refractivity contribution in [3.63, 3.8) is 0 Å². The molecule has 2 aliphatic rings. The number of nitrogens with zero attached hydrogens (tertiary/aromatic N) is 2. The Labute approximate surface area is 87.4 Å². The van der Waals surface area contributed by atoms with Crippen molar-refractivity contribution in [3.8, 4) is 0 Å². The van der Waals surface area contributed by atoms with E-state index in [1.165, 1.54) is 58.7 Å². The highest BCUT2D eigenvalue weighted by Gasteiger charge is 2.23. The predicted octanol–water partition coefficient (Wildman–Crippen LogP) is 0.376. The highest BCUT2D eigenvalue weighted by Crippen LogP contribution is 2.12. The summed E-state index contributed by atoms with van der Waals surface area (Å²) in [5.74, 6) is 0. The van der Waals surface area contributed by atoms with Crippen molar-refractivity contribution in [3.05, 3.63) is 0 Å². The average molecular weight is 197 g/mol. The molecule has 0 spiro atoms. The largest absolute Gasteiger partial charge is 0.315 e. The van der Waals surface area contributed by atoms with Crippen molar-refractivity contribution in [2.45, 2.75) is 25.8 Å². The lowest BCUT2D eigenvalue weighted by Crippen LogP contribution is -2.54. The minimum atomic E-state index is 0.822. The summed E-state index contributed by atoms with van der Waals surface area (Å²) in [4.78, 5) is 5.23. The minimum Gasteiger partial charge on any atom is -0.315 e. The van der Waals surface area contributed by atoms with Crippen LogP contribution in [0.2, 0.25) is 0 Å². The first-order valence-electron chi connectivity index (χ1n) is 6.07. The lowest BCUT2D eigenvalue weighted by molar-refractivity contribution is 0.0873. The Hall–Kier alpha value is -0.120. The van der Waals surface area contributed by atoms with Gasteiger partial charge in [0.25, 0.3) is 0 Å². The summed E-state index contributed by atoms with van der Waals surface area (Å²) < 4.78 is 0.